The number of nitrogens with one attached hydrogen (secondary N) is 1. The van der Waals surface area contributed by atoms with Crippen molar-refractivity contribution in [3.63, 3.8) is 0 Å². The van der Waals surface area contributed by atoms with Gasteiger partial charge in [0, 0.05) is 33.1 Å². The van der Waals surface area contributed by atoms with Crippen molar-refractivity contribution >= 4 is 52.6 Å². The highest BCUT2D eigenvalue weighted by Gasteiger charge is 2.23. The van der Waals surface area contributed by atoms with Crippen molar-refractivity contribution in [3.8, 4) is 0 Å². The Morgan fingerprint density at radius 1 is 0.804 bits per heavy atom. The average Bonchev–Trinajstić information content (AvgIpc) is 3.42. The first kappa shape index (κ1) is 43.4. The molecule has 0 radical (unpaired) electrons. The molecule has 0 aliphatic heterocycles. The van der Waals surface area contributed by atoms with Gasteiger partial charge in [0.15, 0.2) is 5.78 Å². The third-order valence-electron chi connectivity index (χ3n) is 6.17. The van der Waals surface area contributed by atoms with Gasteiger partial charge in [-0.3, -0.25) is 9.59 Å². The van der Waals surface area contributed by atoms with Crippen LogP contribution in [-0.2, 0) is 41.5 Å². The average molecular weight is 716 g/mol. The van der Waals surface area contributed by atoms with Gasteiger partial charge in [-0.2, -0.15) is 0 Å². The van der Waals surface area contributed by atoms with Gasteiger partial charge >= 0.3 is 24.1 Å². The SMILES string of the molecule is CC(=O)O.COC(=O)c1cccc(CC(=O)CN(C)C(=O)OC(C)(C)C)c1N.COC(=O)c1cccc2[nH]c(CN(C)C(=O)OC(C)(C)C)nc12. The first-order chi connectivity index (χ1) is 23.5. The summed E-state index contributed by atoms with van der Waals surface area (Å²) in [5.74, 6) is -1.51. The summed E-state index contributed by atoms with van der Waals surface area (Å²) in [7, 11) is 5.70. The molecule has 0 aliphatic rings. The van der Waals surface area contributed by atoms with Gasteiger partial charge in [0.25, 0.3) is 5.97 Å². The third kappa shape index (κ3) is 15.2. The monoisotopic (exact) mass is 715 g/mol. The number of carbonyl (C=O) groups excluding carboxylic acids is 5. The normalized spacial score (nSPS) is 10.7. The minimum absolute atomic E-state index is 0.00378. The Balaban J connectivity index is 0.000000462. The molecule has 4 N–H and O–H groups in total. The molecule has 0 unspecified atom stereocenters. The Morgan fingerprint density at radius 3 is 1.78 bits per heavy atom. The summed E-state index contributed by atoms with van der Waals surface area (Å²) in [6.07, 6.45) is -1.01. The number of hydrogen-bond donors (Lipinski definition) is 3. The van der Waals surface area contributed by atoms with Crippen LogP contribution in [0.2, 0.25) is 0 Å². The maximum atomic E-state index is 12.2. The molecule has 0 atom stereocenters. The number of anilines is 1. The molecule has 1 heterocycles. The quantitative estimate of drug-likeness (QED) is 0.162. The van der Waals surface area contributed by atoms with Crippen LogP contribution in [0.25, 0.3) is 11.0 Å². The number of H-pyrrole nitrogens is 1. The molecule has 0 saturated heterocycles. The number of carboxylic acid groups (broad SMARTS) is 1. The van der Waals surface area contributed by atoms with E-state index >= 15 is 0 Å². The van der Waals surface area contributed by atoms with Crippen LogP contribution < -0.4 is 5.73 Å². The van der Waals surface area contributed by atoms with Crippen LogP contribution in [-0.4, -0.2) is 107 Å². The van der Waals surface area contributed by atoms with Gasteiger partial charge in [-0.1, -0.05) is 18.2 Å². The number of ether oxygens (including phenoxy) is 4. The van der Waals surface area contributed by atoms with E-state index in [2.05, 4.69) is 14.7 Å². The van der Waals surface area contributed by atoms with E-state index in [0.717, 1.165) is 6.92 Å². The fourth-order valence-corrected chi connectivity index (χ4v) is 4.05. The molecule has 1 aromatic heterocycles. The molecule has 0 bridgehead atoms. The smallest absolute Gasteiger partial charge is 0.410 e. The van der Waals surface area contributed by atoms with Crippen LogP contribution in [0.5, 0.6) is 0 Å². The molecule has 51 heavy (non-hydrogen) atoms. The van der Waals surface area contributed by atoms with Crippen molar-refractivity contribution in [2.75, 3.05) is 40.6 Å². The number of likely N-dealkylation sites (N-methyl/N-ethyl adjacent to an activating group) is 1. The number of nitrogen functional groups attached to an aromatic ring is 1. The zero-order chi connectivity index (χ0) is 39.3. The Morgan fingerprint density at radius 2 is 1.27 bits per heavy atom. The molecule has 3 aromatic rings. The number of fused-ring (bicyclic) bond motifs is 1. The molecular formula is C35H49N5O11. The lowest BCUT2D eigenvalue weighted by Crippen LogP contribution is -2.37. The Hall–Kier alpha value is -5.67. The number of Topliss-reactive ketones (excluding diaryl/α,β-unsaturated/α-hetero) is 1. The van der Waals surface area contributed by atoms with Gasteiger partial charge in [-0.15, -0.1) is 0 Å². The lowest BCUT2D eigenvalue weighted by molar-refractivity contribution is -0.134. The number of nitrogens with zero attached hydrogens (tertiary/aromatic N) is 3. The van der Waals surface area contributed by atoms with Gasteiger partial charge < -0.3 is 44.6 Å². The van der Waals surface area contributed by atoms with Crippen LogP contribution >= 0.6 is 0 Å². The second-order valence-electron chi connectivity index (χ2n) is 13.2. The summed E-state index contributed by atoms with van der Waals surface area (Å²) in [4.78, 5) is 78.5. The number of aromatic amines is 1. The molecule has 3 rings (SSSR count). The summed E-state index contributed by atoms with van der Waals surface area (Å²) >= 11 is 0. The minimum atomic E-state index is -0.833. The van der Waals surface area contributed by atoms with E-state index in [1.54, 1.807) is 52.1 Å². The number of aromatic nitrogens is 2. The number of nitrogens with two attached hydrogens (primary N) is 1. The van der Waals surface area contributed by atoms with Crippen molar-refractivity contribution in [2.45, 2.75) is 72.6 Å². The van der Waals surface area contributed by atoms with Gasteiger partial charge in [0.05, 0.1) is 44.0 Å². The number of carboxylic acids is 1. The van der Waals surface area contributed by atoms with Crippen LogP contribution in [0.4, 0.5) is 15.3 Å². The number of rotatable bonds is 8. The highest BCUT2D eigenvalue weighted by atomic mass is 16.6. The summed E-state index contributed by atoms with van der Waals surface area (Å²) in [5, 5.41) is 7.42. The van der Waals surface area contributed by atoms with E-state index in [0.29, 0.717) is 28.0 Å². The number of para-hydroxylation sites is 2. The molecule has 0 aliphatic carbocycles. The fraction of sp³-hybridized carbons (Fsp3) is 0.457. The zero-order valence-electron chi connectivity index (χ0n) is 31.0. The maximum absolute atomic E-state index is 12.2. The highest BCUT2D eigenvalue weighted by Crippen LogP contribution is 2.20. The molecule has 2 aromatic carbocycles. The number of imidazole rings is 1. The van der Waals surface area contributed by atoms with Gasteiger partial charge in [0.1, 0.15) is 22.5 Å². The fourth-order valence-electron chi connectivity index (χ4n) is 4.05. The predicted molar refractivity (Wildman–Crippen MR) is 188 cm³/mol. The van der Waals surface area contributed by atoms with E-state index < -0.39 is 41.3 Å². The predicted octanol–water partition coefficient (Wildman–Crippen LogP) is 4.84. The van der Waals surface area contributed by atoms with Crippen LogP contribution in [0.1, 0.15) is 80.6 Å². The number of amides is 2. The van der Waals surface area contributed by atoms with Gasteiger partial charge in [0.2, 0.25) is 0 Å². The summed E-state index contributed by atoms with van der Waals surface area (Å²) in [6.45, 7) is 11.9. The van der Waals surface area contributed by atoms with E-state index in [9.17, 15) is 24.0 Å². The zero-order valence-corrected chi connectivity index (χ0v) is 31.0. The van der Waals surface area contributed by atoms with Crippen molar-refractivity contribution in [1.82, 2.24) is 19.8 Å². The standard InChI is InChI=1S/C17H24N2O5.C16H21N3O4.C2H4O2/c1-17(2,3)24-16(22)19(4)10-12(20)9-11-7-6-8-13(14(11)18)15(21)23-5;1-16(2,3)23-15(21)19(4)9-12-17-11-8-6-7-10(13(11)18-12)14(20)22-5;1-2(3)4/h6-8H,9-10,18H2,1-5H3;6-8H,9H2,1-5H3,(H,17,18);1H3,(H,3,4). The molecule has 2 amide bonds. The van der Waals surface area contributed by atoms with Crippen molar-refractivity contribution in [1.29, 1.82) is 0 Å². The van der Waals surface area contributed by atoms with Crippen LogP contribution in [0, 0.1) is 0 Å². The molecule has 280 valence electrons. The second-order valence-corrected chi connectivity index (χ2v) is 13.2. The topological polar surface area (TPSA) is 221 Å². The largest absolute Gasteiger partial charge is 0.481 e. The van der Waals surface area contributed by atoms with E-state index in [4.69, 9.17) is 29.8 Å². The number of benzene rings is 2. The summed E-state index contributed by atoms with van der Waals surface area (Å²) < 4.78 is 19.9. The number of esters is 2. The lowest BCUT2D eigenvalue weighted by atomic mass is 10.0. The molecule has 16 nitrogen and oxygen atoms in total. The lowest BCUT2D eigenvalue weighted by Gasteiger charge is -2.24. The van der Waals surface area contributed by atoms with Gasteiger partial charge in [-0.05, 0) is 65.3 Å². The summed E-state index contributed by atoms with van der Waals surface area (Å²) in [5.41, 5.74) is 7.28. The van der Waals surface area contributed by atoms with Crippen LogP contribution in [0.3, 0.4) is 0 Å². The first-order valence-electron chi connectivity index (χ1n) is 15.6. The van der Waals surface area contributed by atoms with E-state index in [1.807, 2.05) is 26.8 Å². The maximum Gasteiger partial charge on any atom is 0.410 e. The Bertz CT molecular complexity index is 1700. The number of carbonyl (C=O) groups is 6. The Kier molecular flexibility index (Phi) is 16.1. The number of methoxy groups -OCH3 is 2. The summed E-state index contributed by atoms with van der Waals surface area (Å²) in [6, 6.07) is 10.0. The molecule has 0 fully saturated rings. The molecule has 0 saturated carbocycles. The first-order valence-corrected chi connectivity index (χ1v) is 15.6. The van der Waals surface area contributed by atoms with E-state index in [1.165, 1.54) is 37.1 Å². The van der Waals surface area contributed by atoms with Crippen molar-refractivity contribution in [2.24, 2.45) is 0 Å². The van der Waals surface area contributed by atoms with Crippen molar-refractivity contribution in [3.05, 3.63) is 58.9 Å². The van der Waals surface area contributed by atoms with Gasteiger partial charge in [-0.25, -0.2) is 24.2 Å². The second kappa shape index (κ2) is 18.9. The van der Waals surface area contributed by atoms with E-state index in [-0.39, 0.29) is 36.5 Å². The van der Waals surface area contributed by atoms with Crippen molar-refractivity contribution < 1.29 is 52.8 Å². The molecule has 0 spiro atoms. The number of hydrogen-bond acceptors (Lipinski definition) is 12. The molecular weight excluding hydrogens is 666 g/mol. The third-order valence-corrected chi connectivity index (χ3v) is 6.17. The highest BCUT2D eigenvalue weighted by molar-refractivity contribution is 6.02. The number of aliphatic carboxylic acids is 1. The Labute approximate surface area is 297 Å². The minimum Gasteiger partial charge on any atom is -0.481 e. The van der Waals surface area contributed by atoms with Crippen LogP contribution in [0.15, 0.2) is 36.4 Å². The molecule has 16 heteroatoms. The number of ketones is 1.